The molecule has 2 rings (SSSR count). The molecule has 3 nitrogen and oxygen atoms in total. The molecule has 0 bridgehead atoms. The van der Waals surface area contributed by atoms with Crippen molar-refractivity contribution in [2.45, 2.75) is 26.4 Å². The predicted molar refractivity (Wildman–Crippen MR) is 57.1 cm³/mol. The van der Waals surface area contributed by atoms with Gasteiger partial charge in [-0.05, 0) is 24.1 Å². The molecule has 1 aliphatic heterocycles. The molecule has 1 aromatic rings. The van der Waals surface area contributed by atoms with Crippen LogP contribution >= 0.6 is 0 Å². The third-order valence-corrected chi connectivity index (χ3v) is 2.35. The van der Waals surface area contributed by atoms with Crippen molar-refractivity contribution in [2.75, 3.05) is 13.4 Å². The lowest BCUT2D eigenvalue weighted by Gasteiger charge is -2.04. The smallest absolute Gasteiger partial charge is 0.231 e. The lowest BCUT2D eigenvalue weighted by atomic mass is 10.2. The first-order chi connectivity index (χ1) is 7.40. The molecule has 0 fully saturated rings. The zero-order valence-corrected chi connectivity index (χ0v) is 8.99. The third-order valence-electron chi connectivity index (χ3n) is 2.35. The highest BCUT2D eigenvalue weighted by Gasteiger charge is 2.12. The number of unbranched alkanes of at least 4 members (excludes halogenated alkanes) is 1. The van der Waals surface area contributed by atoms with Crippen LogP contribution in [0.15, 0.2) is 18.2 Å². The molecule has 0 atom stereocenters. The van der Waals surface area contributed by atoms with Gasteiger partial charge < -0.3 is 14.2 Å². The fraction of sp³-hybridized carbons (Fsp3) is 0.500. The summed E-state index contributed by atoms with van der Waals surface area (Å²) in [5.74, 6) is 1.65. The molecule has 0 spiro atoms. The SMILES string of the molecule is CCCCOCc1ccc2c(c1)OCO2. The Morgan fingerprint density at radius 1 is 1.27 bits per heavy atom. The molecular formula is C12H16O3. The van der Waals surface area contributed by atoms with Gasteiger partial charge in [0.05, 0.1) is 6.61 Å². The number of benzene rings is 1. The van der Waals surface area contributed by atoms with Crippen LogP contribution in [-0.2, 0) is 11.3 Å². The third kappa shape index (κ3) is 2.63. The molecular weight excluding hydrogens is 192 g/mol. The molecule has 0 radical (unpaired) electrons. The summed E-state index contributed by atoms with van der Waals surface area (Å²) in [5.41, 5.74) is 1.13. The lowest BCUT2D eigenvalue weighted by molar-refractivity contribution is 0.118. The van der Waals surface area contributed by atoms with Gasteiger partial charge in [-0.15, -0.1) is 0 Å². The van der Waals surface area contributed by atoms with Gasteiger partial charge in [0, 0.05) is 6.61 Å². The van der Waals surface area contributed by atoms with Gasteiger partial charge in [0.15, 0.2) is 11.5 Å². The van der Waals surface area contributed by atoms with Crippen LogP contribution in [0.1, 0.15) is 25.3 Å². The quantitative estimate of drug-likeness (QED) is 0.696. The highest BCUT2D eigenvalue weighted by atomic mass is 16.7. The zero-order chi connectivity index (χ0) is 10.5. The summed E-state index contributed by atoms with van der Waals surface area (Å²) in [7, 11) is 0. The second-order valence-corrected chi connectivity index (χ2v) is 3.59. The molecule has 0 saturated carbocycles. The van der Waals surface area contributed by atoms with Crippen LogP contribution in [0.2, 0.25) is 0 Å². The lowest BCUT2D eigenvalue weighted by Crippen LogP contribution is -1.95. The normalized spacial score (nSPS) is 13.1. The van der Waals surface area contributed by atoms with Crippen LogP contribution in [0, 0.1) is 0 Å². The molecule has 0 saturated heterocycles. The van der Waals surface area contributed by atoms with Crippen molar-refractivity contribution in [1.29, 1.82) is 0 Å². The molecule has 0 aliphatic carbocycles. The summed E-state index contributed by atoms with van der Waals surface area (Å²) < 4.78 is 16.0. The van der Waals surface area contributed by atoms with Gasteiger partial charge in [-0.3, -0.25) is 0 Å². The van der Waals surface area contributed by atoms with E-state index in [2.05, 4.69) is 6.92 Å². The Labute approximate surface area is 90.0 Å². The summed E-state index contributed by atoms with van der Waals surface area (Å²) in [6, 6.07) is 5.93. The molecule has 0 amide bonds. The van der Waals surface area contributed by atoms with Crippen LogP contribution in [0.5, 0.6) is 11.5 Å². The van der Waals surface area contributed by atoms with Crippen molar-refractivity contribution in [3.05, 3.63) is 23.8 Å². The van der Waals surface area contributed by atoms with Gasteiger partial charge in [0.25, 0.3) is 0 Å². The molecule has 0 aromatic heterocycles. The second-order valence-electron chi connectivity index (χ2n) is 3.59. The Morgan fingerprint density at radius 2 is 2.13 bits per heavy atom. The van der Waals surface area contributed by atoms with Gasteiger partial charge in [-0.1, -0.05) is 19.4 Å². The van der Waals surface area contributed by atoms with E-state index in [4.69, 9.17) is 14.2 Å². The van der Waals surface area contributed by atoms with Gasteiger partial charge in [0.2, 0.25) is 6.79 Å². The number of rotatable bonds is 5. The maximum absolute atomic E-state index is 5.52. The molecule has 1 heterocycles. The average molecular weight is 208 g/mol. The molecule has 1 aliphatic rings. The van der Waals surface area contributed by atoms with E-state index in [0.29, 0.717) is 13.4 Å². The van der Waals surface area contributed by atoms with Crippen molar-refractivity contribution >= 4 is 0 Å². The van der Waals surface area contributed by atoms with Crippen LogP contribution < -0.4 is 9.47 Å². The van der Waals surface area contributed by atoms with Crippen LogP contribution in [-0.4, -0.2) is 13.4 Å². The van der Waals surface area contributed by atoms with E-state index < -0.39 is 0 Å². The standard InChI is InChI=1S/C12H16O3/c1-2-3-6-13-8-10-4-5-11-12(7-10)15-9-14-11/h4-5,7H,2-3,6,8-9H2,1H3. The fourth-order valence-corrected chi connectivity index (χ4v) is 1.47. The van der Waals surface area contributed by atoms with E-state index in [0.717, 1.165) is 30.1 Å². The monoisotopic (exact) mass is 208 g/mol. The van der Waals surface area contributed by atoms with Gasteiger partial charge in [0.1, 0.15) is 0 Å². The molecule has 15 heavy (non-hydrogen) atoms. The Kier molecular flexibility index (Phi) is 3.45. The van der Waals surface area contributed by atoms with Crippen LogP contribution in [0.3, 0.4) is 0 Å². The van der Waals surface area contributed by atoms with Gasteiger partial charge in [-0.2, -0.15) is 0 Å². The first-order valence-electron chi connectivity index (χ1n) is 5.36. The Bertz CT molecular complexity index is 323. The average Bonchev–Trinajstić information content (AvgIpc) is 2.71. The van der Waals surface area contributed by atoms with E-state index in [1.165, 1.54) is 6.42 Å². The van der Waals surface area contributed by atoms with Crippen LogP contribution in [0.25, 0.3) is 0 Å². The minimum Gasteiger partial charge on any atom is -0.454 e. The number of fused-ring (bicyclic) bond motifs is 1. The van der Waals surface area contributed by atoms with E-state index in [1.807, 2.05) is 18.2 Å². The van der Waals surface area contributed by atoms with Crippen molar-refractivity contribution in [1.82, 2.24) is 0 Å². The molecule has 0 unspecified atom stereocenters. The first kappa shape index (κ1) is 10.3. The van der Waals surface area contributed by atoms with Crippen molar-refractivity contribution in [3.63, 3.8) is 0 Å². The first-order valence-corrected chi connectivity index (χ1v) is 5.36. The number of hydrogen-bond donors (Lipinski definition) is 0. The minimum absolute atomic E-state index is 0.329. The van der Waals surface area contributed by atoms with Gasteiger partial charge >= 0.3 is 0 Å². The summed E-state index contributed by atoms with van der Waals surface area (Å²) in [6.45, 7) is 3.96. The summed E-state index contributed by atoms with van der Waals surface area (Å²) in [4.78, 5) is 0. The molecule has 82 valence electrons. The fourth-order valence-electron chi connectivity index (χ4n) is 1.47. The summed E-state index contributed by atoms with van der Waals surface area (Å²) >= 11 is 0. The predicted octanol–water partition coefficient (Wildman–Crippen LogP) is 2.73. The maximum Gasteiger partial charge on any atom is 0.231 e. The Hall–Kier alpha value is -1.22. The zero-order valence-electron chi connectivity index (χ0n) is 8.99. The topological polar surface area (TPSA) is 27.7 Å². The summed E-state index contributed by atoms with van der Waals surface area (Å²) in [5, 5.41) is 0. The highest BCUT2D eigenvalue weighted by molar-refractivity contribution is 5.44. The summed E-state index contributed by atoms with van der Waals surface area (Å²) in [6.07, 6.45) is 2.28. The van der Waals surface area contributed by atoms with E-state index in [9.17, 15) is 0 Å². The van der Waals surface area contributed by atoms with Crippen molar-refractivity contribution in [2.24, 2.45) is 0 Å². The Balaban J connectivity index is 1.87. The minimum atomic E-state index is 0.329. The van der Waals surface area contributed by atoms with E-state index in [-0.39, 0.29) is 0 Å². The highest BCUT2D eigenvalue weighted by Crippen LogP contribution is 2.32. The van der Waals surface area contributed by atoms with Gasteiger partial charge in [-0.25, -0.2) is 0 Å². The second kappa shape index (κ2) is 5.03. The van der Waals surface area contributed by atoms with Crippen molar-refractivity contribution < 1.29 is 14.2 Å². The largest absolute Gasteiger partial charge is 0.454 e. The van der Waals surface area contributed by atoms with E-state index >= 15 is 0 Å². The Morgan fingerprint density at radius 3 is 3.00 bits per heavy atom. The molecule has 3 heteroatoms. The van der Waals surface area contributed by atoms with Crippen molar-refractivity contribution in [3.8, 4) is 11.5 Å². The molecule has 1 aromatic carbocycles. The number of hydrogen-bond acceptors (Lipinski definition) is 3. The van der Waals surface area contributed by atoms with Crippen LogP contribution in [0.4, 0.5) is 0 Å². The van der Waals surface area contributed by atoms with E-state index in [1.54, 1.807) is 0 Å². The maximum atomic E-state index is 5.52. The molecule has 0 N–H and O–H groups in total. The number of ether oxygens (including phenoxy) is 3.